The van der Waals surface area contributed by atoms with Gasteiger partial charge in [-0.3, -0.25) is 9.59 Å². The Hall–Kier alpha value is -1.66. The van der Waals surface area contributed by atoms with Gasteiger partial charge in [0.25, 0.3) is 0 Å². The number of amides is 1. The first-order chi connectivity index (χ1) is 29.0. The maximum Gasteiger partial charge on any atom is 0.305 e. The summed E-state index contributed by atoms with van der Waals surface area (Å²) in [5.41, 5.74) is 0. The van der Waals surface area contributed by atoms with Crippen LogP contribution in [0.4, 0.5) is 0 Å². The number of hydrogen-bond acceptors (Lipinski definition) is 5. The van der Waals surface area contributed by atoms with Crippen LogP contribution in [-0.4, -0.2) is 47.4 Å². The van der Waals surface area contributed by atoms with Gasteiger partial charge in [-0.05, 0) is 77.0 Å². The zero-order valence-electron chi connectivity index (χ0n) is 39.5. The van der Waals surface area contributed by atoms with E-state index in [0.717, 1.165) is 64.2 Å². The molecule has 0 aromatic heterocycles. The summed E-state index contributed by atoms with van der Waals surface area (Å²) in [5.74, 6) is -0.0616. The van der Waals surface area contributed by atoms with Gasteiger partial charge in [0.15, 0.2) is 0 Å². The highest BCUT2D eigenvalue weighted by Gasteiger charge is 2.20. The molecule has 0 fully saturated rings. The van der Waals surface area contributed by atoms with E-state index < -0.39 is 12.1 Å². The average Bonchev–Trinajstić information content (AvgIpc) is 3.24. The summed E-state index contributed by atoms with van der Waals surface area (Å²) in [4.78, 5) is 24.4. The highest BCUT2D eigenvalue weighted by Crippen LogP contribution is 2.15. The first-order valence-corrected chi connectivity index (χ1v) is 26.1. The number of esters is 1. The van der Waals surface area contributed by atoms with Crippen LogP contribution in [0, 0.1) is 0 Å². The molecule has 2 unspecified atom stereocenters. The number of hydrogen-bond donors (Lipinski definition) is 3. The Kier molecular flexibility index (Phi) is 47.6. The van der Waals surface area contributed by atoms with Gasteiger partial charge < -0.3 is 20.3 Å². The van der Waals surface area contributed by atoms with Gasteiger partial charge in [-0.25, -0.2) is 0 Å². The fourth-order valence-electron chi connectivity index (χ4n) is 7.92. The minimum atomic E-state index is -0.672. The molecule has 0 radical (unpaired) electrons. The second kappa shape index (κ2) is 49.0. The van der Waals surface area contributed by atoms with Crippen molar-refractivity contribution < 1.29 is 24.5 Å². The predicted molar refractivity (Wildman–Crippen MR) is 255 cm³/mol. The Labute approximate surface area is 367 Å². The monoisotopic (exact) mass is 832 g/mol. The molecule has 6 heteroatoms. The van der Waals surface area contributed by atoms with Crippen molar-refractivity contribution in [2.75, 3.05) is 13.2 Å². The summed E-state index contributed by atoms with van der Waals surface area (Å²) in [6.45, 7) is 4.90. The van der Waals surface area contributed by atoms with E-state index in [1.807, 2.05) is 0 Å². The first kappa shape index (κ1) is 57.3. The number of nitrogens with one attached hydrogen (secondary N) is 1. The number of carbonyl (C=O) groups is 2. The van der Waals surface area contributed by atoms with Gasteiger partial charge in [-0.15, -0.1) is 0 Å². The summed E-state index contributed by atoms with van der Waals surface area (Å²) in [5, 5.41) is 23.0. The first-order valence-electron chi connectivity index (χ1n) is 26.1. The minimum Gasteiger partial charge on any atom is -0.466 e. The Morgan fingerprint density at radius 1 is 0.458 bits per heavy atom. The Morgan fingerprint density at radius 2 is 0.797 bits per heavy atom. The summed E-state index contributed by atoms with van der Waals surface area (Å²) < 4.78 is 5.47. The summed E-state index contributed by atoms with van der Waals surface area (Å²) >= 11 is 0. The van der Waals surface area contributed by atoms with Crippen molar-refractivity contribution in [3.8, 4) is 0 Å². The highest BCUT2D eigenvalue weighted by atomic mass is 16.5. The molecule has 0 heterocycles. The van der Waals surface area contributed by atoms with Crippen LogP contribution < -0.4 is 5.32 Å². The Balaban J connectivity index is 3.43. The minimum absolute atomic E-state index is 0.00664. The van der Waals surface area contributed by atoms with E-state index in [1.54, 1.807) is 0 Å². The molecule has 0 aliphatic rings. The van der Waals surface area contributed by atoms with Crippen LogP contribution in [0.25, 0.3) is 0 Å². The number of rotatable bonds is 48. The fraction of sp³-hybridized carbons (Fsp3) is 0.887. The van der Waals surface area contributed by atoms with Gasteiger partial charge in [-0.1, -0.05) is 212 Å². The molecule has 0 saturated heterocycles. The molecule has 6 nitrogen and oxygen atoms in total. The van der Waals surface area contributed by atoms with E-state index >= 15 is 0 Å². The van der Waals surface area contributed by atoms with Crippen LogP contribution in [0.3, 0.4) is 0 Å². The molecule has 0 aromatic carbocycles. The van der Waals surface area contributed by atoms with Gasteiger partial charge in [0.05, 0.1) is 25.4 Å². The maximum absolute atomic E-state index is 12.4. The smallest absolute Gasteiger partial charge is 0.305 e. The molecule has 0 spiro atoms. The second-order valence-electron chi connectivity index (χ2n) is 17.8. The number of aliphatic hydroxyl groups excluding tert-OH is 2. The summed E-state index contributed by atoms with van der Waals surface area (Å²) in [6, 6.07) is -0.551. The molecule has 0 saturated carbocycles. The molecule has 1 amide bonds. The number of ether oxygens (including phenoxy) is 1. The van der Waals surface area contributed by atoms with Gasteiger partial charge in [0.2, 0.25) is 5.91 Å². The van der Waals surface area contributed by atoms with Crippen LogP contribution >= 0.6 is 0 Å². The summed E-state index contributed by atoms with van der Waals surface area (Å²) in [7, 11) is 0. The lowest BCUT2D eigenvalue weighted by atomic mass is 10.0. The molecule has 59 heavy (non-hydrogen) atoms. The lowest BCUT2D eigenvalue weighted by molar-refractivity contribution is -0.143. The van der Waals surface area contributed by atoms with E-state index in [-0.39, 0.29) is 18.5 Å². The largest absolute Gasteiger partial charge is 0.466 e. The highest BCUT2D eigenvalue weighted by molar-refractivity contribution is 5.76. The van der Waals surface area contributed by atoms with Gasteiger partial charge >= 0.3 is 5.97 Å². The van der Waals surface area contributed by atoms with Crippen molar-refractivity contribution in [2.24, 2.45) is 0 Å². The van der Waals surface area contributed by atoms with E-state index in [4.69, 9.17) is 4.74 Å². The Morgan fingerprint density at radius 3 is 1.20 bits per heavy atom. The van der Waals surface area contributed by atoms with Crippen molar-refractivity contribution in [2.45, 2.75) is 289 Å². The van der Waals surface area contributed by atoms with Crippen molar-refractivity contribution in [1.82, 2.24) is 5.32 Å². The van der Waals surface area contributed by atoms with Crippen LogP contribution in [0.2, 0.25) is 0 Å². The predicted octanol–water partition coefficient (Wildman–Crippen LogP) is 15.5. The van der Waals surface area contributed by atoms with Crippen LogP contribution in [0.15, 0.2) is 24.3 Å². The van der Waals surface area contributed by atoms with Crippen LogP contribution in [0.1, 0.15) is 277 Å². The van der Waals surface area contributed by atoms with Crippen molar-refractivity contribution in [3.63, 3.8) is 0 Å². The third-order valence-electron chi connectivity index (χ3n) is 12.0. The molecule has 2 atom stereocenters. The van der Waals surface area contributed by atoms with Crippen molar-refractivity contribution >= 4 is 11.9 Å². The number of carbonyl (C=O) groups excluding carboxylic acids is 2. The lowest BCUT2D eigenvalue weighted by Crippen LogP contribution is -2.45. The van der Waals surface area contributed by atoms with Gasteiger partial charge in [-0.2, -0.15) is 0 Å². The lowest BCUT2D eigenvalue weighted by Gasteiger charge is -2.22. The average molecular weight is 832 g/mol. The zero-order chi connectivity index (χ0) is 43.0. The molecule has 0 bridgehead atoms. The van der Waals surface area contributed by atoms with Crippen LogP contribution in [0.5, 0.6) is 0 Å². The fourth-order valence-corrected chi connectivity index (χ4v) is 7.92. The third-order valence-corrected chi connectivity index (χ3v) is 12.0. The van der Waals surface area contributed by atoms with Crippen LogP contribution in [-0.2, 0) is 14.3 Å². The quantitative estimate of drug-likeness (QED) is 0.0322. The van der Waals surface area contributed by atoms with Crippen molar-refractivity contribution in [3.05, 3.63) is 24.3 Å². The molecular formula is C53H101NO5. The standard InChI is InChI=1S/C53H101NO5/c1-3-5-7-9-11-13-14-15-16-17-21-24-27-31-35-39-43-47-53(58)59-48-44-40-36-32-28-25-22-19-18-20-23-26-30-34-38-42-46-52(57)54-50(49-55)51(56)45-41-37-33-29-12-10-8-6-4-2/h15-16,18,20,50-51,55-56H,3-14,17,19,21-49H2,1-2H3,(H,54,57)/b16-15-,20-18-. The number of aliphatic hydroxyl groups is 2. The molecule has 0 aromatic rings. The molecule has 3 N–H and O–H groups in total. The zero-order valence-corrected chi connectivity index (χ0v) is 39.5. The van der Waals surface area contributed by atoms with E-state index in [2.05, 4.69) is 43.5 Å². The van der Waals surface area contributed by atoms with Gasteiger partial charge in [0, 0.05) is 12.8 Å². The van der Waals surface area contributed by atoms with E-state index in [0.29, 0.717) is 25.9 Å². The third kappa shape index (κ3) is 45.7. The summed E-state index contributed by atoms with van der Waals surface area (Å²) in [6.07, 6.45) is 57.3. The Bertz CT molecular complexity index is 920. The molecule has 0 aliphatic heterocycles. The second-order valence-corrected chi connectivity index (χ2v) is 17.8. The topological polar surface area (TPSA) is 95.9 Å². The van der Waals surface area contributed by atoms with E-state index in [1.165, 1.54) is 180 Å². The van der Waals surface area contributed by atoms with E-state index in [9.17, 15) is 19.8 Å². The molecule has 0 rings (SSSR count). The molecule has 0 aliphatic carbocycles. The normalized spacial score (nSPS) is 12.8. The SMILES string of the molecule is CCCCCCCC/C=C\CCCCCCCCCC(=O)OCCCCCCCCC/C=C\CCCCCCCC(=O)NC(CO)C(O)CCCCCCCCCCC. The molecule has 348 valence electrons. The van der Waals surface area contributed by atoms with Crippen molar-refractivity contribution in [1.29, 1.82) is 0 Å². The number of allylic oxidation sites excluding steroid dienone is 4. The maximum atomic E-state index is 12.4. The molecular weight excluding hydrogens is 731 g/mol. The number of unbranched alkanes of at least 4 members (excludes halogenated alkanes) is 33. The van der Waals surface area contributed by atoms with Gasteiger partial charge in [0.1, 0.15) is 0 Å².